The number of fused-ring (bicyclic) bond motifs is 2. The van der Waals surface area contributed by atoms with Crippen molar-refractivity contribution in [2.45, 2.75) is 18.6 Å². The molecule has 2 aromatic carbocycles. The molecular weight excluding hydrogens is 256 g/mol. The Bertz CT molecular complexity index is 661. The number of allylic oxidation sites excluding steroid dienone is 1. The Morgan fingerprint density at radius 1 is 1.16 bits per heavy atom. The van der Waals surface area contributed by atoms with E-state index in [9.17, 15) is 10.2 Å². The first-order valence-electron chi connectivity index (χ1n) is 6.47. The molecule has 1 unspecified atom stereocenters. The largest absolute Gasteiger partial charge is 0.507 e. The molecule has 0 aromatic heterocycles. The second-order valence-corrected chi connectivity index (χ2v) is 6.06. The van der Waals surface area contributed by atoms with E-state index in [0.29, 0.717) is 17.9 Å². The zero-order chi connectivity index (χ0) is 13.4. The van der Waals surface area contributed by atoms with Crippen LogP contribution in [0.2, 0.25) is 0 Å². The van der Waals surface area contributed by atoms with Crippen molar-refractivity contribution < 1.29 is 10.2 Å². The van der Waals surface area contributed by atoms with E-state index in [0.717, 1.165) is 27.7 Å². The summed E-state index contributed by atoms with van der Waals surface area (Å²) >= 11 is 1.77. The highest BCUT2D eigenvalue weighted by Gasteiger charge is 2.25. The lowest BCUT2D eigenvalue weighted by Gasteiger charge is -2.24. The number of thioether (sulfide) groups is 1. The molecule has 0 saturated heterocycles. The van der Waals surface area contributed by atoms with Crippen LogP contribution >= 0.6 is 11.8 Å². The monoisotopic (exact) mass is 272 g/mol. The van der Waals surface area contributed by atoms with E-state index in [-0.39, 0.29) is 5.25 Å². The van der Waals surface area contributed by atoms with E-state index < -0.39 is 0 Å². The predicted octanol–water partition coefficient (Wildman–Crippen LogP) is 4.16. The topological polar surface area (TPSA) is 40.5 Å². The van der Waals surface area contributed by atoms with E-state index in [2.05, 4.69) is 19.1 Å². The summed E-state index contributed by atoms with van der Waals surface area (Å²) in [6.45, 7) is 2.10. The lowest BCUT2D eigenvalue weighted by atomic mass is 9.90. The van der Waals surface area contributed by atoms with Crippen molar-refractivity contribution in [2.24, 2.45) is 0 Å². The van der Waals surface area contributed by atoms with E-state index in [4.69, 9.17) is 0 Å². The molecule has 0 heterocycles. The van der Waals surface area contributed by atoms with Gasteiger partial charge in [-0.25, -0.2) is 0 Å². The van der Waals surface area contributed by atoms with Crippen molar-refractivity contribution in [3.63, 3.8) is 0 Å². The molecule has 3 rings (SSSR count). The fourth-order valence-corrected chi connectivity index (χ4v) is 3.71. The Hall–Kier alpha value is -1.61. The third-order valence-electron chi connectivity index (χ3n) is 3.57. The molecule has 98 valence electrons. The summed E-state index contributed by atoms with van der Waals surface area (Å²) in [4.78, 5) is 0. The summed E-state index contributed by atoms with van der Waals surface area (Å²) in [7, 11) is 0. The van der Waals surface area contributed by atoms with Gasteiger partial charge in [0.25, 0.3) is 0 Å². The van der Waals surface area contributed by atoms with Gasteiger partial charge in [0.05, 0.1) is 5.25 Å². The lowest BCUT2D eigenvalue weighted by molar-refractivity contribution is 0.459. The Morgan fingerprint density at radius 3 is 2.53 bits per heavy atom. The van der Waals surface area contributed by atoms with Crippen LogP contribution in [0.1, 0.15) is 23.3 Å². The zero-order valence-corrected chi connectivity index (χ0v) is 11.6. The predicted molar refractivity (Wildman–Crippen MR) is 81.0 cm³/mol. The second-order valence-electron chi connectivity index (χ2n) is 4.64. The minimum absolute atomic E-state index is 0.129. The molecule has 1 aliphatic carbocycles. The van der Waals surface area contributed by atoms with Crippen molar-refractivity contribution >= 4 is 22.5 Å². The highest BCUT2D eigenvalue weighted by Crippen LogP contribution is 2.48. The molecule has 0 spiro atoms. The normalized spacial score (nSPS) is 17.6. The van der Waals surface area contributed by atoms with Crippen molar-refractivity contribution in [3.05, 3.63) is 47.5 Å². The van der Waals surface area contributed by atoms with Gasteiger partial charge >= 0.3 is 0 Å². The molecular formula is C16H16O2S. The zero-order valence-electron chi connectivity index (χ0n) is 10.8. The summed E-state index contributed by atoms with van der Waals surface area (Å²) in [5.74, 6) is 1.61. The average Bonchev–Trinajstić information content (AvgIpc) is 2.45. The summed E-state index contributed by atoms with van der Waals surface area (Å²) in [6.07, 6.45) is 4.87. The van der Waals surface area contributed by atoms with E-state index in [1.807, 2.05) is 24.3 Å². The van der Waals surface area contributed by atoms with Gasteiger partial charge in [0.1, 0.15) is 11.5 Å². The first-order chi connectivity index (χ1) is 9.24. The molecule has 1 atom stereocenters. The van der Waals surface area contributed by atoms with Crippen LogP contribution in [0, 0.1) is 0 Å². The number of rotatable bonds is 2. The number of hydrogen-bond acceptors (Lipinski definition) is 3. The van der Waals surface area contributed by atoms with Crippen LogP contribution in [0.25, 0.3) is 10.8 Å². The molecule has 0 aliphatic heterocycles. The molecule has 1 aliphatic rings. The van der Waals surface area contributed by atoms with Crippen molar-refractivity contribution in [2.75, 3.05) is 5.75 Å². The summed E-state index contributed by atoms with van der Waals surface area (Å²) < 4.78 is 0. The summed E-state index contributed by atoms with van der Waals surface area (Å²) in [6, 6.07) is 7.47. The van der Waals surface area contributed by atoms with Gasteiger partial charge < -0.3 is 10.2 Å². The second kappa shape index (κ2) is 4.82. The van der Waals surface area contributed by atoms with Gasteiger partial charge in [0.2, 0.25) is 0 Å². The van der Waals surface area contributed by atoms with Crippen LogP contribution in [0.5, 0.6) is 11.5 Å². The van der Waals surface area contributed by atoms with E-state index >= 15 is 0 Å². The lowest BCUT2D eigenvalue weighted by Crippen LogP contribution is -2.04. The molecule has 0 amide bonds. The van der Waals surface area contributed by atoms with Crippen LogP contribution in [0.4, 0.5) is 0 Å². The highest BCUT2D eigenvalue weighted by molar-refractivity contribution is 7.99. The number of benzene rings is 2. The van der Waals surface area contributed by atoms with Gasteiger partial charge in [-0.1, -0.05) is 43.3 Å². The smallest absolute Gasteiger partial charge is 0.128 e. The highest BCUT2D eigenvalue weighted by atomic mass is 32.2. The molecule has 0 fully saturated rings. The number of phenolic OH excluding ortho intramolecular Hbond substituents is 2. The molecule has 2 aromatic rings. The minimum atomic E-state index is 0.129. The number of phenols is 2. The van der Waals surface area contributed by atoms with Gasteiger partial charge in [-0.2, -0.15) is 0 Å². The Morgan fingerprint density at radius 2 is 1.84 bits per heavy atom. The van der Waals surface area contributed by atoms with Crippen LogP contribution in [-0.2, 0) is 6.42 Å². The Kier molecular flexibility index (Phi) is 3.15. The van der Waals surface area contributed by atoms with Crippen LogP contribution in [0.3, 0.4) is 0 Å². The first kappa shape index (κ1) is 12.4. The van der Waals surface area contributed by atoms with Crippen molar-refractivity contribution in [3.8, 4) is 11.5 Å². The SMILES string of the molecule is CCSC1C=CCc2c1c(O)c1ccccc1c2O. The minimum Gasteiger partial charge on any atom is -0.507 e. The van der Waals surface area contributed by atoms with Gasteiger partial charge in [-0.05, 0) is 12.2 Å². The van der Waals surface area contributed by atoms with E-state index in [1.165, 1.54) is 0 Å². The molecule has 2 N–H and O–H groups in total. The number of hydrogen-bond donors (Lipinski definition) is 2. The molecule has 0 bridgehead atoms. The van der Waals surface area contributed by atoms with Gasteiger partial charge in [-0.3, -0.25) is 0 Å². The van der Waals surface area contributed by atoms with E-state index in [1.54, 1.807) is 11.8 Å². The van der Waals surface area contributed by atoms with Gasteiger partial charge in [0.15, 0.2) is 0 Å². The molecule has 0 radical (unpaired) electrons. The maximum Gasteiger partial charge on any atom is 0.128 e. The Labute approximate surface area is 116 Å². The molecule has 3 heteroatoms. The van der Waals surface area contributed by atoms with Crippen LogP contribution in [0.15, 0.2) is 36.4 Å². The van der Waals surface area contributed by atoms with Gasteiger partial charge in [0, 0.05) is 21.9 Å². The maximum absolute atomic E-state index is 10.6. The quantitative estimate of drug-likeness (QED) is 0.637. The number of aromatic hydroxyl groups is 2. The van der Waals surface area contributed by atoms with Crippen LogP contribution in [-0.4, -0.2) is 16.0 Å². The third kappa shape index (κ3) is 1.89. The summed E-state index contributed by atoms with van der Waals surface area (Å²) in [5, 5.41) is 22.6. The van der Waals surface area contributed by atoms with Gasteiger partial charge in [-0.15, -0.1) is 11.8 Å². The van der Waals surface area contributed by atoms with Crippen LogP contribution < -0.4 is 0 Å². The van der Waals surface area contributed by atoms with Crippen molar-refractivity contribution in [1.82, 2.24) is 0 Å². The maximum atomic E-state index is 10.6. The molecule has 0 saturated carbocycles. The fraction of sp³-hybridized carbons (Fsp3) is 0.250. The fourth-order valence-electron chi connectivity index (χ4n) is 2.71. The molecule has 19 heavy (non-hydrogen) atoms. The molecule has 2 nitrogen and oxygen atoms in total. The average molecular weight is 272 g/mol. The standard InChI is InChI=1S/C16H16O2S/c1-2-19-13-9-5-8-12-14(13)16(18)11-7-4-3-6-10(11)15(12)17/h3-7,9,13,17-18H,2,8H2,1H3. The Balaban J connectivity index is 2.32. The third-order valence-corrected chi connectivity index (χ3v) is 4.65. The first-order valence-corrected chi connectivity index (χ1v) is 7.52. The van der Waals surface area contributed by atoms with Crippen molar-refractivity contribution in [1.29, 1.82) is 0 Å². The summed E-state index contributed by atoms with van der Waals surface area (Å²) in [5.41, 5.74) is 1.75.